The normalized spacial score (nSPS) is 10.9. The summed E-state index contributed by atoms with van der Waals surface area (Å²) in [5.74, 6) is -0.779. The molecule has 0 unspecified atom stereocenters. The fourth-order valence-corrected chi connectivity index (χ4v) is 2.25. The largest absolute Gasteiger partial charge is 0.504 e. The summed E-state index contributed by atoms with van der Waals surface area (Å²) in [6, 6.07) is 8.84. The minimum absolute atomic E-state index is 0.0118. The summed E-state index contributed by atoms with van der Waals surface area (Å²) in [6.45, 7) is 0.183. The number of carbonyl (C=O) groups is 3. The Labute approximate surface area is 161 Å². The van der Waals surface area contributed by atoms with E-state index in [1.165, 1.54) is 55.7 Å². The van der Waals surface area contributed by atoms with Gasteiger partial charge in [-0.15, -0.1) is 0 Å². The van der Waals surface area contributed by atoms with Crippen molar-refractivity contribution in [3.63, 3.8) is 0 Å². The molecule has 0 aliphatic rings. The van der Waals surface area contributed by atoms with E-state index < -0.39 is 11.6 Å². The number of allylic oxidation sites excluding steroid dienone is 2. The van der Waals surface area contributed by atoms with E-state index in [1.54, 1.807) is 12.1 Å². The van der Waals surface area contributed by atoms with Gasteiger partial charge in [0.25, 0.3) is 6.47 Å². The standard InChI is InChI=1S/C21H18O7/c1-27-20-10-14(4-8-18(20)25)2-6-16(23)12-17(24)7-3-15-5-9-19(26)21(11-15)28-13-22/h2-11,13,25-26H,12H2,1H3/b6-2+,7-3+. The molecule has 0 saturated heterocycles. The van der Waals surface area contributed by atoms with Crippen LogP contribution in [0.15, 0.2) is 48.6 Å². The maximum Gasteiger partial charge on any atom is 0.298 e. The van der Waals surface area contributed by atoms with Crippen LogP contribution >= 0.6 is 0 Å². The molecule has 2 N–H and O–H groups in total. The number of benzene rings is 2. The van der Waals surface area contributed by atoms with Crippen molar-refractivity contribution < 1.29 is 34.1 Å². The van der Waals surface area contributed by atoms with E-state index >= 15 is 0 Å². The molecular formula is C21H18O7. The van der Waals surface area contributed by atoms with Crippen LogP contribution in [-0.4, -0.2) is 35.4 Å². The fourth-order valence-electron chi connectivity index (χ4n) is 2.25. The van der Waals surface area contributed by atoms with Crippen LogP contribution in [0.25, 0.3) is 12.2 Å². The van der Waals surface area contributed by atoms with Gasteiger partial charge in [0, 0.05) is 0 Å². The number of phenols is 2. The quantitative estimate of drug-likeness (QED) is 0.390. The van der Waals surface area contributed by atoms with E-state index in [-0.39, 0.29) is 35.9 Å². The summed E-state index contributed by atoms with van der Waals surface area (Å²) >= 11 is 0. The summed E-state index contributed by atoms with van der Waals surface area (Å²) in [5.41, 5.74) is 1.15. The monoisotopic (exact) mass is 382 g/mol. The van der Waals surface area contributed by atoms with Crippen molar-refractivity contribution in [2.24, 2.45) is 0 Å². The molecule has 2 rings (SSSR count). The number of ketones is 2. The highest BCUT2D eigenvalue weighted by atomic mass is 16.5. The lowest BCUT2D eigenvalue weighted by Gasteiger charge is -2.03. The molecule has 0 aliphatic heterocycles. The van der Waals surface area contributed by atoms with Gasteiger partial charge in [-0.1, -0.05) is 24.3 Å². The molecule has 0 aliphatic carbocycles. The molecule has 0 saturated carbocycles. The first-order chi connectivity index (χ1) is 13.4. The van der Waals surface area contributed by atoms with Crippen molar-refractivity contribution in [1.82, 2.24) is 0 Å². The van der Waals surface area contributed by atoms with Gasteiger partial charge in [-0.25, -0.2) is 0 Å². The van der Waals surface area contributed by atoms with Crippen LogP contribution in [0.1, 0.15) is 17.5 Å². The molecule has 0 bridgehead atoms. The van der Waals surface area contributed by atoms with Crippen LogP contribution in [0.4, 0.5) is 0 Å². The second-order valence-electron chi connectivity index (χ2n) is 5.65. The number of phenolic OH excluding ortho intramolecular Hbond substituents is 2. The summed E-state index contributed by atoms with van der Waals surface area (Å²) in [7, 11) is 1.42. The Hall–Kier alpha value is -3.87. The third-order valence-electron chi connectivity index (χ3n) is 3.63. The van der Waals surface area contributed by atoms with Crippen LogP contribution < -0.4 is 9.47 Å². The van der Waals surface area contributed by atoms with Gasteiger partial charge in [-0.3, -0.25) is 14.4 Å². The Balaban J connectivity index is 1.97. The van der Waals surface area contributed by atoms with Crippen LogP contribution in [0, 0.1) is 0 Å². The van der Waals surface area contributed by atoms with Gasteiger partial charge in [-0.05, 0) is 47.5 Å². The molecule has 0 spiro atoms. The highest BCUT2D eigenvalue weighted by molar-refractivity contribution is 6.10. The van der Waals surface area contributed by atoms with Gasteiger partial charge in [0.05, 0.1) is 13.5 Å². The SMILES string of the molecule is COc1cc(/C=C/C(=O)CC(=O)/C=C/c2ccc(O)c(OC=O)c2)ccc1O. The van der Waals surface area contributed by atoms with Crippen molar-refractivity contribution in [3.05, 3.63) is 59.7 Å². The van der Waals surface area contributed by atoms with Crippen molar-refractivity contribution in [2.75, 3.05) is 7.11 Å². The predicted octanol–water partition coefficient (Wildman–Crippen LogP) is 2.90. The molecular weight excluding hydrogens is 364 g/mol. The van der Waals surface area contributed by atoms with Crippen molar-refractivity contribution in [3.8, 4) is 23.0 Å². The van der Waals surface area contributed by atoms with E-state index in [9.17, 15) is 24.6 Å². The first kappa shape index (κ1) is 20.4. The van der Waals surface area contributed by atoms with E-state index in [0.717, 1.165) is 0 Å². The number of methoxy groups -OCH3 is 1. The highest BCUT2D eigenvalue weighted by Crippen LogP contribution is 2.27. The van der Waals surface area contributed by atoms with Gasteiger partial charge in [0.1, 0.15) is 0 Å². The summed E-state index contributed by atoms with van der Waals surface area (Å²) < 4.78 is 9.60. The molecule has 0 fully saturated rings. The van der Waals surface area contributed by atoms with Crippen LogP contribution in [0.5, 0.6) is 23.0 Å². The van der Waals surface area contributed by atoms with Crippen molar-refractivity contribution in [2.45, 2.75) is 6.42 Å². The van der Waals surface area contributed by atoms with Gasteiger partial charge < -0.3 is 19.7 Å². The Morgan fingerprint density at radius 3 is 1.89 bits per heavy atom. The Kier molecular flexibility index (Phi) is 7.10. The molecule has 144 valence electrons. The number of ether oxygens (including phenoxy) is 2. The summed E-state index contributed by atoms with van der Waals surface area (Å²) in [6.07, 6.45) is 5.14. The topological polar surface area (TPSA) is 110 Å². The molecule has 0 amide bonds. The lowest BCUT2D eigenvalue weighted by atomic mass is 10.1. The van der Waals surface area contributed by atoms with Crippen molar-refractivity contribution >= 4 is 30.2 Å². The summed E-state index contributed by atoms with van der Waals surface area (Å²) in [5, 5.41) is 19.1. The van der Waals surface area contributed by atoms with Gasteiger partial charge in [-0.2, -0.15) is 0 Å². The molecule has 7 heteroatoms. The van der Waals surface area contributed by atoms with E-state index in [2.05, 4.69) is 4.74 Å². The molecule has 0 atom stereocenters. The zero-order chi connectivity index (χ0) is 20.5. The first-order valence-electron chi connectivity index (χ1n) is 8.15. The number of aromatic hydroxyl groups is 2. The molecule has 28 heavy (non-hydrogen) atoms. The average Bonchev–Trinajstić information content (AvgIpc) is 2.68. The molecule has 7 nitrogen and oxygen atoms in total. The summed E-state index contributed by atoms with van der Waals surface area (Å²) in [4.78, 5) is 34.2. The number of rotatable bonds is 9. The van der Waals surface area contributed by atoms with Crippen molar-refractivity contribution in [1.29, 1.82) is 0 Å². The van der Waals surface area contributed by atoms with Gasteiger partial charge in [0.15, 0.2) is 34.6 Å². The molecule has 0 aromatic heterocycles. The number of hydrogen-bond donors (Lipinski definition) is 2. The fraction of sp³-hybridized carbons (Fsp3) is 0.0952. The number of hydrogen-bond acceptors (Lipinski definition) is 7. The van der Waals surface area contributed by atoms with E-state index in [0.29, 0.717) is 11.1 Å². The zero-order valence-corrected chi connectivity index (χ0v) is 15.0. The maximum absolute atomic E-state index is 11.9. The van der Waals surface area contributed by atoms with Crippen LogP contribution in [0.2, 0.25) is 0 Å². The lowest BCUT2D eigenvalue weighted by Crippen LogP contribution is -2.01. The zero-order valence-electron chi connectivity index (χ0n) is 15.0. The Morgan fingerprint density at radius 2 is 1.39 bits per heavy atom. The third kappa shape index (κ3) is 5.84. The second kappa shape index (κ2) is 9.72. The third-order valence-corrected chi connectivity index (χ3v) is 3.63. The van der Waals surface area contributed by atoms with E-state index in [1.807, 2.05) is 0 Å². The minimum Gasteiger partial charge on any atom is -0.504 e. The van der Waals surface area contributed by atoms with Gasteiger partial charge >= 0.3 is 0 Å². The molecule has 0 heterocycles. The molecule has 0 radical (unpaired) electrons. The second-order valence-corrected chi connectivity index (χ2v) is 5.65. The first-order valence-corrected chi connectivity index (χ1v) is 8.15. The number of carbonyl (C=O) groups excluding carboxylic acids is 3. The molecule has 2 aromatic rings. The smallest absolute Gasteiger partial charge is 0.298 e. The average molecular weight is 382 g/mol. The lowest BCUT2D eigenvalue weighted by molar-refractivity contribution is -0.122. The predicted molar refractivity (Wildman–Crippen MR) is 102 cm³/mol. The maximum atomic E-state index is 11.9. The van der Waals surface area contributed by atoms with Crippen LogP contribution in [-0.2, 0) is 14.4 Å². The Bertz CT molecular complexity index is 942. The van der Waals surface area contributed by atoms with E-state index in [4.69, 9.17) is 4.74 Å². The Morgan fingerprint density at radius 1 is 0.893 bits per heavy atom. The minimum atomic E-state index is -0.413. The highest BCUT2D eigenvalue weighted by Gasteiger charge is 2.06. The van der Waals surface area contributed by atoms with Crippen LogP contribution in [0.3, 0.4) is 0 Å². The molecule has 2 aromatic carbocycles. The van der Waals surface area contributed by atoms with Gasteiger partial charge in [0.2, 0.25) is 0 Å².